The molecule has 4 rings (SSSR count). The molecule has 1 N–H and O–H groups in total. The third-order valence-corrected chi connectivity index (χ3v) is 5.18. The molecule has 1 aromatic heterocycles. The van der Waals surface area contributed by atoms with Crippen LogP contribution in [0.15, 0.2) is 48.5 Å². The number of carbonyl (C=O) groups excluding carboxylic acids is 1. The number of hydrogen-bond donors (Lipinski definition) is 1. The summed E-state index contributed by atoms with van der Waals surface area (Å²) in [5, 5.41) is 12.7. The van der Waals surface area contributed by atoms with Gasteiger partial charge in [0.2, 0.25) is 5.91 Å². The molecule has 0 aliphatic carbocycles. The molecule has 1 saturated heterocycles. The van der Waals surface area contributed by atoms with Crippen LogP contribution >= 0.6 is 0 Å². The zero-order valence-corrected chi connectivity index (χ0v) is 17.2. The number of anilines is 1. The molecule has 0 bridgehead atoms. The van der Waals surface area contributed by atoms with E-state index in [9.17, 15) is 10.1 Å². The summed E-state index contributed by atoms with van der Waals surface area (Å²) < 4.78 is 10.6. The minimum atomic E-state index is -1.08. The van der Waals surface area contributed by atoms with Crippen molar-refractivity contribution in [2.24, 2.45) is 0 Å². The van der Waals surface area contributed by atoms with Gasteiger partial charge in [-0.05, 0) is 29.8 Å². The maximum atomic E-state index is 13.0. The van der Waals surface area contributed by atoms with Gasteiger partial charge in [0.1, 0.15) is 11.4 Å². The van der Waals surface area contributed by atoms with Crippen LogP contribution in [-0.2, 0) is 16.1 Å². The largest absolute Gasteiger partial charge is 0.497 e. The molecule has 8 heteroatoms. The molecule has 0 saturated carbocycles. The van der Waals surface area contributed by atoms with Gasteiger partial charge in [0, 0.05) is 19.6 Å². The average molecular weight is 417 g/mol. The number of nitriles is 1. The van der Waals surface area contributed by atoms with Crippen LogP contribution < -0.4 is 15.0 Å². The van der Waals surface area contributed by atoms with Gasteiger partial charge in [-0.25, -0.2) is 9.97 Å². The van der Waals surface area contributed by atoms with Crippen molar-refractivity contribution in [1.82, 2.24) is 15.3 Å². The highest BCUT2D eigenvalue weighted by Crippen LogP contribution is 2.28. The lowest BCUT2D eigenvalue weighted by molar-refractivity contribution is -0.121. The number of carbonyl (C=O) groups is 1. The van der Waals surface area contributed by atoms with Crippen LogP contribution in [0.1, 0.15) is 17.2 Å². The zero-order chi connectivity index (χ0) is 21.6. The standard InChI is InChI=1S/C23H23N5O3/c1-30-17-8-6-16(7-9-17)15-25-23(29)18(14-24)21-22(28-10-12-31-13-11-28)27-20-5-3-2-4-19(20)26-21/h2-9,18H,10-13,15H2,1H3,(H,25,29)/t18-/m1/s1. The van der Waals surface area contributed by atoms with Gasteiger partial charge in [0.05, 0.1) is 37.4 Å². The number of fused-ring (bicyclic) bond motifs is 1. The Kier molecular flexibility index (Phi) is 6.24. The van der Waals surface area contributed by atoms with Crippen LogP contribution in [-0.4, -0.2) is 49.3 Å². The second-order valence-corrected chi connectivity index (χ2v) is 7.15. The Labute approximate surface area is 180 Å². The lowest BCUT2D eigenvalue weighted by atomic mass is 10.0. The van der Waals surface area contributed by atoms with Crippen LogP contribution in [0.25, 0.3) is 11.0 Å². The summed E-state index contributed by atoms with van der Waals surface area (Å²) in [6.45, 7) is 2.69. The first-order chi connectivity index (χ1) is 15.2. The van der Waals surface area contributed by atoms with E-state index in [1.807, 2.05) is 53.4 Å². The van der Waals surface area contributed by atoms with Crippen LogP contribution in [0.5, 0.6) is 5.75 Å². The molecule has 1 amide bonds. The first-order valence-corrected chi connectivity index (χ1v) is 10.1. The monoisotopic (exact) mass is 417 g/mol. The highest BCUT2D eigenvalue weighted by Gasteiger charge is 2.29. The molecule has 0 spiro atoms. The summed E-state index contributed by atoms with van der Waals surface area (Å²) in [5.41, 5.74) is 2.65. The highest BCUT2D eigenvalue weighted by atomic mass is 16.5. The molecule has 31 heavy (non-hydrogen) atoms. The topological polar surface area (TPSA) is 100 Å². The van der Waals surface area contributed by atoms with Crippen molar-refractivity contribution in [3.63, 3.8) is 0 Å². The second kappa shape index (κ2) is 9.41. The number of aromatic nitrogens is 2. The van der Waals surface area contributed by atoms with E-state index < -0.39 is 11.8 Å². The summed E-state index contributed by atoms with van der Waals surface area (Å²) >= 11 is 0. The first-order valence-electron chi connectivity index (χ1n) is 10.1. The zero-order valence-electron chi connectivity index (χ0n) is 17.2. The smallest absolute Gasteiger partial charge is 0.243 e. The molecule has 0 unspecified atom stereocenters. The molecule has 3 aromatic rings. The first kappa shape index (κ1) is 20.6. The number of rotatable bonds is 6. The van der Waals surface area contributed by atoms with E-state index in [2.05, 4.69) is 16.4 Å². The third-order valence-electron chi connectivity index (χ3n) is 5.18. The number of para-hydroxylation sites is 2. The third kappa shape index (κ3) is 4.57. The normalized spacial score (nSPS) is 14.6. The fourth-order valence-corrected chi connectivity index (χ4v) is 3.48. The van der Waals surface area contributed by atoms with Crippen LogP contribution in [0.3, 0.4) is 0 Å². The Morgan fingerprint density at radius 1 is 1.16 bits per heavy atom. The van der Waals surface area contributed by atoms with E-state index in [-0.39, 0.29) is 0 Å². The summed E-state index contributed by atoms with van der Waals surface area (Å²) in [6.07, 6.45) is 0. The maximum absolute atomic E-state index is 13.0. The van der Waals surface area contributed by atoms with Gasteiger partial charge < -0.3 is 19.7 Å². The van der Waals surface area contributed by atoms with Gasteiger partial charge in [-0.3, -0.25) is 4.79 Å². The number of benzene rings is 2. The Balaban J connectivity index is 1.62. The summed E-state index contributed by atoms with van der Waals surface area (Å²) in [7, 11) is 1.60. The number of ether oxygens (including phenoxy) is 2. The molecule has 2 aromatic carbocycles. The Bertz CT molecular complexity index is 1100. The summed E-state index contributed by atoms with van der Waals surface area (Å²) in [5.74, 6) is -0.176. The van der Waals surface area contributed by atoms with Crippen molar-refractivity contribution in [3.8, 4) is 11.8 Å². The van der Waals surface area contributed by atoms with Crippen LogP contribution in [0.4, 0.5) is 5.82 Å². The van der Waals surface area contributed by atoms with Gasteiger partial charge in [-0.2, -0.15) is 5.26 Å². The van der Waals surface area contributed by atoms with Gasteiger partial charge in [-0.1, -0.05) is 24.3 Å². The van der Waals surface area contributed by atoms with Crippen LogP contribution in [0.2, 0.25) is 0 Å². The summed E-state index contributed by atoms with van der Waals surface area (Å²) in [4.78, 5) is 24.4. The van der Waals surface area contributed by atoms with E-state index in [0.29, 0.717) is 49.9 Å². The Morgan fingerprint density at radius 3 is 2.48 bits per heavy atom. The fourth-order valence-electron chi connectivity index (χ4n) is 3.48. The molecule has 158 valence electrons. The van der Waals surface area contributed by atoms with Crippen molar-refractivity contribution in [2.75, 3.05) is 38.3 Å². The van der Waals surface area contributed by atoms with Crippen molar-refractivity contribution in [3.05, 3.63) is 59.8 Å². The SMILES string of the molecule is COc1ccc(CNC(=O)[C@H](C#N)c2nc3ccccc3nc2N2CCOCC2)cc1. The predicted octanol–water partition coefficient (Wildman–Crippen LogP) is 2.40. The molecule has 8 nitrogen and oxygen atoms in total. The van der Waals surface area contributed by atoms with Gasteiger partial charge in [-0.15, -0.1) is 0 Å². The molecular formula is C23H23N5O3. The van der Waals surface area contributed by atoms with Crippen LogP contribution in [0, 0.1) is 11.3 Å². The lowest BCUT2D eigenvalue weighted by Crippen LogP contribution is -2.38. The quantitative estimate of drug-likeness (QED) is 0.657. The number of amides is 1. The van der Waals surface area contributed by atoms with E-state index in [0.717, 1.165) is 16.8 Å². The number of nitrogens with one attached hydrogen (secondary N) is 1. The fraction of sp³-hybridized carbons (Fsp3) is 0.304. The second-order valence-electron chi connectivity index (χ2n) is 7.15. The Morgan fingerprint density at radius 2 is 1.84 bits per heavy atom. The van der Waals surface area contributed by atoms with Crippen molar-refractivity contribution >= 4 is 22.8 Å². The van der Waals surface area contributed by atoms with Crippen molar-refractivity contribution in [2.45, 2.75) is 12.5 Å². The number of hydrogen-bond acceptors (Lipinski definition) is 7. The Hall–Kier alpha value is -3.70. The molecule has 0 radical (unpaired) electrons. The molecule has 1 aliphatic heterocycles. The lowest BCUT2D eigenvalue weighted by Gasteiger charge is -2.29. The average Bonchev–Trinajstić information content (AvgIpc) is 2.83. The van der Waals surface area contributed by atoms with E-state index in [4.69, 9.17) is 14.5 Å². The van der Waals surface area contributed by atoms with Crippen molar-refractivity contribution < 1.29 is 14.3 Å². The number of nitrogens with zero attached hydrogens (tertiary/aromatic N) is 4. The van der Waals surface area contributed by atoms with E-state index >= 15 is 0 Å². The molecular weight excluding hydrogens is 394 g/mol. The van der Waals surface area contributed by atoms with Crippen molar-refractivity contribution in [1.29, 1.82) is 5.26 Å². The summed E-state index contributed by atoms with van der Waals surface area (Å²) in [6, 6.07) is 17.0. The molecule has 1 aliphatic rings. The van der Waals surface area contributed by atoms with Gasteiger partial charge in [0.25, 0.3) is 0 Å². The minimum absolute atomic E-state index is 0.301. The van der Waals surface area contributed by atoms with E-state index in [1.165, 1.54) is 0 Å². The van der Waals surface area contributed by atoms with E-state index in [1.54, 1.807) is 7.11 Å². The van der Waals surface area contributed by atoms with Gasteiger partial charge >= 0.3 is 0 Å². The molecule has 1 fully saturated rings. The molecule has 2 heterocycles. The maximum Gasteiger partial charge on any atom is 0.243 e. The minimum Gasteiger partial charge on any atom is -0.497 e. The molecule has 1 atom stereocenters. The number of morpholine rings is 1. The van der Waals surface area contributed by atoms with Gasteiger partial charge in [0.15, 0.2) is 11.7 Å². The predicted molar refractivity (Wildman–Crippen MR) is 116 cm³/mol. The number of methoxy groups -OCH3 is 1. The highest BCUT2D eigenvalue weighted by molar-refractivity contribution is 5.88.